The average molecular weight is 457 g/mol. The Balaban J connectivity index is 1.62. The van der Waals surface area contributed by atoms with Crippen LogP contribution in [-0.2, 0) is 10.0 Å². The summed E-state index contributed by atoms with van der Waals surface area (Å²) in [6, 6.07) is 16.2. The molecule has 2 heterocycles. The van der Waals surface area contributed by atoms with Crippen LogP contribution in [0.1, 0.15) is 18.0 Å². The highest BCUT2D eigenvalue weighted by atomic mass is 32.2. The molecule has 0 spiro atoms. The molecule has 0 aromatic heterocycles. The highest BCUT2D eigenvalue weighted by molar-refractivity contribution is 7.89. The molecule has 0 radical (unpaired) electrons. The van der Waals surface area contributed by atoms with Crippen molar-refractivity contribution in [2.45, 2.75) is 23.4 Å². The Bertz CT molecular complexity index is 1260. The van der Waals surface area contributed by atoms with Crippen molar-refractivity contribution in [3.8, 4) is 11.1 Å². The van der Waals surface area contributed by atoms with E-state index >= 15 is 0 Å². The van der Waals surface area contributed by atoms with Crippen molar-refractivity contribution < 1.29 is 22.3 Å². The Morgan fingerprint density at radius 1 is 1.00 bits per heavy atom. The fraction of sp³-hybridized carbons (Fsp3) is 0.250. The van der Waals surface area contributed by atoms with Crippen LogP contribution in [-0.4, -0.2) is 37.0 Å². The molecule has 0 unspecified atom stereocenters. The van der Waals surface area contributed by atoms with E-state index in [1.54, 1.807) is 12.1 Å². The van der Waals surface area contributed by atoms with Gasteiger partial charge in [0.2, 0.25) is 10.0 Å². The summed E-state index contributed by atoms with van der Waals surface area (Å²) >= 11 is 0. The highest BCUT2D eigenvalue weighted by Gasteiger charge is 2.49. The maximum Gasteiger partial charge on any atom is 0.246 e. The van der Waals surface area contributed by atoms with Crippen LogP contribution in [0.4, 0.5) is 14.5 Å². The molecule has 166 valence electrons. The van der Waals surface area contributed by atoms with Crippen molar-refractivity contribution in [1.29, 1.82) is 0 Å². The third kappa shape index (κ3) is 3.39. The fourth-order valence-corrected chi connectivity index (χ4v) is 6.62. The maximum absolute atomic E-state index is 14.4. The highest BCUT2D eigenvalue weighted by Crippen LogP contribution is 2.49. The van der Waals surface area contributed by atoms with Gasteiger partial charge < -0.3 is 10.4 Å². The SMILES string of the molecule is O=S(=O)(c1ccccc1F)N1CC[C@@H]2[C@@H](CO)Nc3ccc(-c4ccc(F)cc4)cc3[C@@H]21. The van der Waals surface area contributed by atoms with Crippen LogP contribution in [0.5, 0.6) is 0 Å². The summed E-state index contributed by atoms with van der Waals surface area (Å²) in [7, 11) is -4.10. The van der Waals surface area contributed by atoms with Crippen LogP contribution >= 0.6 is 0 Å². The number of aliphatic hydroxyl groups excluding tert-OH is 1. The molecule has 2 N–H and O–H groups in total. The first kappa shape index (κ1) is 21.1. The number of halogens is 2. The zero-order chi connectivity index (χ0) is 22.5. The topological polar surface area (TPSA) is 69.6 Å². The van der Waals surface area contributed by atoms with E-state index in [-0.39, 0.29) is 35.8 Å². The molecular formula is C24H22F2N2O3S. The number of anilines is 1. The quantitative estimate of drug-likeness (QED) is 0.618. The average Bonchev–Trinajstić information content (AvgIpc) is 3.25. The Hall–Kier alpha value is -2.81. The summed E-state index contributed by atoms with van der Waals surface area (Å²) in [4.78, 5) is -0.351. The lowest BCUT2D eigenvalue weighted by Gasteiger charge is -2.39. The summed E-state index contributed by atoms with van der Waals surface area (Å²) < 4.78 is 56.1. The predicted octanol–water partition coefficient (Wildman–Crippen LogP) is 4.17. The minimum Gasteiger partial charge on any atom is -0.394 e. The van der Waals surface area contributed by atoms with E-state index in [2.05, 4.69) is 5.32 Å². The number of rotatable bonds is 4. The fourth-order valence-electron chi connectivity index (χ4n) is 4.89. The second-order valence-corrected chi connectivity index (χ2v) is 10.0. The van der Waals surface area contributed by atoms with Crippen molar-refractivity contribution in [3.63, 3.8) is 0 Å². The molecule has 5 nitrogen and oxygen atoms in total. The summed E-state index contributed by atoms with van der Waals surface area (Å²) in [6.07, 6.45) is 0.538. The molecule has 0 bridgehead atoms. The zero-order valence-electron chi connectivity index (χ0n) is 17.1. The van der Waals surface area contributed by atoms with Crippen LogP contribution in [0.15, 0.2) is 71.6 Å². The normalized spacial score (nSPS) is 22.8. The van der Waals surface area contributed by atoms with Gasteiger partial charge in [-0.3, -0.25) is 0 Å². The molecule has 3 aromatic carbocycles. The van der Waals surface area contributed by atoms with Gasteiger partial charge in [0.15, 0.2) is 0 Å². The minimum atomic E-state index is -4.10. The number of fused-ring (bicyclic) bond motifs is 3. The van der Waals surface area contributed by atoms with Crippen LogP contribution in [0.3, 0.4) is 0 Å². The number of aliphatic hydroxyl groups is 1. The summed E-state index contributed by atoms with van der Waals surface area (Å²) in [5.41, 5.74) is 3.11. The third-order valence-electron chi connectivity index (χ3n) is 6.42. The monoisotopic (exact) mass is 456 g/mol. The van der Waals surface area contributed by atoms with E-state index < -0.39 is 21.9 Å². The molecule has 1 fully saturated rings. The van der Waals surface area contributed by atoms with E-state index in [1.807, 2.05) is 18.2 Å². The summed E-state index contributed by atoms with van der Waals surface area (Å²) in [5, 5.41) is 13.3. The third-order valence-corrected chi connectivity index (χ3v) is 8.34. The standard InChI is InChI=1S/C24H22F2N2O3S/c25-17-8-5-15(6-9-17)16-7-10-21-19(13-16)24-18(22(14-29)27-21)11-12-28(24)32(30,31)23-4-2-1-3-20(23)26/h1-10,13,18,22,24,27,29H,11-12,14H2/t18-,22-,24-/m1/s1. The molecular weight excluding hydrogens is 434 g/mol. The first-order valence-electron chi connectivity index (χ1n) is 10.4. The molecule has 1 saturated heterocycles. The smallest absolute Gasteiger partial charge is 0.246 e. The van der Waals surface area contributed by atoms with Crippen LogP contribution in [0.25, 0.3) is 11.1 Å². The van der Waals surface area contributed by atoms with E-state index in [1.165, 1.54) is 34.6 Å². The van der Waals surface area contributed by atoms with Crippen molar-refractivity contribution in [2.75, 3.05) is 18.5 Å². The molecule has 3 aromatic rings. The lowest BCUT2D eigenvalue weighted by atomic mass is 9.82. The van der Waals surface area contributed by atoms with Gasteiger partial charge in [-0.15, -0.1) is 0 Å². The lowest BCUT2D eigenvalue weighted by Crippen LogP contribution is -2.43. The number of benzene rings is 3. The van der Waals surface area contributed by atoms with Crippen LogP contribution < -0.4 is 5.32 Å². The number of nitrogens with one attached hydrogen (secondary N) is 1. The number of nitrogens with zero attached hydrogens (tertiary/aromatic N) is 1. The molecule has 3 atom stereocenters. The van der Waals surface area contributed by atoms with Crippen LogP contribution in [0.2, 0.25) is 0 Å². The summed E-state index contributed by atoms with van der Waals surface area (Å²) in [6.45, 7) is 0.0816. The van der Waals surface area contributed by atoms with E-state index in [0.717, 1.165) is 28.4 Å². The molecule has 5 rings (SSSR count). The Morgan fingerprint density at radius 2 is 1.72 bits per heavy atom. The molecule has 2 aliphatic heterocycles. The number of hydrogen-bond acceptors (Lipinski definition) is 4. The van der Waals surface area contributed by atoms with Gasteiger partial charge in [0, 0.05) is 18.2 Å². The number of sulfonamides is 1. The van der Waals surface area contributed by atoms with Crippen molar-refractivity contribution in [1.82, 2.24) is 4.31 Å². The number of hydrogen-bond donors (Lipinski definition) is 2. The van der Waals surface area contributed by atoms with Gasteiger partial charge in [-0.05, 0) is 59.5 Å². The van der Waals surface area contributed by atoms with Gasteiger partial charge in [-0.2, -0.15) is 4.31 Å². The van der Waals surface area contributed by atoms with Gasteiger partial charge in [-0.1, -0.05) is 30.3 Å². The van der Waals surface area contributed by atoms with Gasteiger partial charge in [0.25, 0.3) is 0 Å². The molecule has 32 heavy (non-hydrogen) atoms. The van der Waals surface area contributed by atoms with Gasteiger partial charge >= 0.3 is 0 Å². The molecule has 8 heteroatoms. The van der Waals surface area contributed by atoms with E-state index in [4.69, 9.17) is 0 Å². The molecule has 2 aliphatic rings. The summed E-state index contributed by atoms with van der Waals surface area (Å²) in [5.74, 6) is -1.29. The second-order valence-electron chi connectivity index (χ2n) is 8.19. The second kappa shape index (κ2) is 7.95. The van der Waals surface area contributed by atoms with E-state index in [0.29, 0.717) is 6.42 Å². The van der Waals surface area contributed by atoms with Crippen molar-refractivity contribution in [2.24, 2.45) is 5.92 Å². The van der Waals surface area contributed by atoms with Crippen molar-refractivity contribution >= 4 is 15.7 Å². The maximum atomic E-state index is 14.4. The Labute approximate surface area is 185 Å². The zero-order valence-corrected chi connectivity index (χ0v) is 17.9. The first-order valence-corrected chi connectivity index (χ1v) is 11.9. The first-order chi connectivity index (χ1) is 15.4. The Kier molecular flexibility index (Phi) is 5.23. The molecule has 0 aliphatic carbocycles. The van der Waals surface area contributed by atoms with E-state index in [9.17, 15) is 22.3 Å². The largest absolute Gasteiger partial charge is 0.394 e. The van der Waals surface area contributed by atoms with Gasteiger partial charge in [0.05, 0.1) is 18.7 Å². The van der Waals surface area contributed by atoms with Crippen molar-refractivity contribution in [3.05, 3.63) is 83.9 Å². The molecule has 0 saturated carbocycles. The molecule has 0 amide bonds. The lowest BCUT2D eigenvalue weighted by molar-refractivity contribution is 0.210. The van der Waals surface area contributed by atoms with Crippen LogP contribution in [0, 0.1) is 17.6 Å². The minimum absolute atomic E-state index is 0.145. The van der Waals surface area contributed by atoms with Gasteiger partial charge in [0.1, 0.15) is 16.5 Å². The predicted molar refractivity (Wildman–Crippen MR) is 117 cm³/mol. The van der Waals surface area contributed by atoms with Gasteiger partial charge in [-0.25, -0.2) is 17.2 Å². The Morgan fingerprint density at radius 3 is 2.44 bits per heavy atom.